The van der Waals surface area contributed by atoms with Gasteiger partial charge in [0.25, 0.3) is 0 Å². The third-order valence-electron chi connectivity index (χ3n) is 6.25. The van der Waals surface area contributed by atoms with E-state index in [0.29, 0.717) is 5.41 Å². The highest BCUT2D eigenvalue weighted by molar-refractivity contribution is 5.14. The third kappa shape index (κ3) is 4.16. The lowest BCUT2D eigenvalue weighted by atomic mass is 9.79. The Kier molecular flexibility index (Phi) is 4.73. The molecule has 0 radical (unpaired) electrons. The largest absolute Gasteiger partial charge is 0.303 e. The second-order valence-corrected chi connectivity index (χ2v) is 8.40. The molecule has 2 heterocycles. The monoisotopic (exact) mass is 312 g/mol. The van der Waals surface area contributed by atoms with Crippen molar-refractivity contribution in [2.75, 3.05) is 39.3 Å². The Morgan fingerprint density at radius 1 is 0.957 bits per heavy atom. The van der Waals surface area contributed by atoms with Crippen LogP contribution in [0, 0.1) is 11.3 Å². The number of piperidine rings is 1. The Morgan fingerprint density at radius 2 is 1.78 bits per heavy atom. The molecule has 126 valence electrons. The van der Waals surface area contributed by atoms with E-state index in [1.54, 1.807) is 0 Å². The highest BCUT2D eigenvalue weighted by Crippen LogP contribution is 2.40. The molecule has 1 unspecified atom stereocenters. The van der Waals surface area contributed by atoms with Crippen LogP contribution in [0.5, 0.6) is 0 Å². The van der Waals surface area contributed by atoms with Crippen molar-refractivity contribution in [2.45, 2.75) is 44.9 Å². The van der Waals surface area contributed by atoms with E-state index in [0.717, 1.165) is 5.92 Å². The molecule has 2 heteroatoms. The number of rotatable bonds is 6. The average Bonchev–Trinajstić information content (AvgIpc) is 3.30. The minimum Gasteiger partial charge on any atom is -0.303 e. The Balaban J connectivity index is 1.23. The molecule has 1 spiro atoms. The number of nitrogens with zero attached hydrogens (tertiary/aromatic N) is 2. The van der Waals surface area contributed by atoms with Crippen molar-refractivity contribution in [3.63, 3.8) is 0 Å². The quantitative estimate of drug-likeness (QED) is 0.788. The number of aryl methyl sites for hydroxylation is 1. The first-order chi connectivity index (χ1) is 11.3. The predicted molar refractivity (Wildman–Crippen MR) is 96.7 cm³/mol. The van der Waals surface area contributed by atoms with E-state index in [4.69, 9.17) is 0 Å². The summed E-state index contributed by atoms with van der Waals surface area (Å²) in [5, 5.41) is 0. The van der Waals surface area contributed by atoms with Gasteiger partial charge in [0.1, 0.15) is 0 Å². The van der Waals surface area contributed by atoms with Gasteiger partial charge in [-0.3, -0.25) is 0 Å². The molecule has 23 heavy (non-hydrogen) atoms. The maximum atomic E-state index is 2.80. The summed E-state index contributed by atoms with van der Waals surface area (Å²) in [7, 11) is 0. The predicted octanol–water partition coefficient (Wildman–Crippen LogP) is 3.82. The smallest absolute Gasteiger partial charge is 0.00508 e. The average molecular weight is 313 g/mol. The van der Waals surface area contributed by atoms with E-state index < -0.39 is 0 Å². The maximum Gasteiger partial charge on any atom is 0.00508 e. The molecule has 4 rings (SSSR count). The highest BCUT2D eigenvalue weighted by Gasteiger charge is 2.41. The Bertz CT molecular complexity index is 496. The van der Waals surface area contributed by atoms with Crippen LogP contribution >= 0.6 is 0 Å². The van der Waals surface area contributed by atoms with Gasteiger partial charge >= 0.3 is 0 Å². The van der Waals surface area contributed by atoms with E-state index in [1.807, 2.05) is 0 Å². The van der Waals surface area contributed by atoms with Gasteiger partial charge in [0.2, 0.25) is 0 Å². The van der Waals surface area contributed by atoms with Crippen molar-refractivity contribution in [3.05, 3.63) is 35.9 Å². The van der Waals surface area contributed by atoms with E-state index in [9.17, 15) is 0 Å². The maximum absolute atomic E-state index is 2.80. The third-order valence-corrected chi connectivity index (χ3v) is 6.25. The molecule has 3 aliphatic rings. The summed E-state index contributed by atoms with van der Waals surface area (Å²) in [6.45, 7) is 8.15. The SMILES string of the molecule is c1ccc(CCCN2CCC3(CCCN(CC4CC4)C3)C2)cc1. The Hall–Kier alpha value is -0.860. The van der Waals surface area contributed by atoms with Crippen LogP contribution in [0.4, 0.5) is 0 Å². The van der Waals surface area contributed by atoms with E-state index in [2.05, 4.69) is 40.1 Å². The van der Waals surface area contributed by atoms with Crippen molar-refractivity contribution in [3.8, 4) is 0 Å². The van der Waals surface area contributed by atoms with Crippen molar-refractivity contribution in [1.29, 1.82) is 0 Å². The van der Waals surface area contributed by atoms with Gasteiger partial charge in [-0.2, -0.15) is 0 Å². The minimum absolute atomic E-state index is 0.639. The molecule has 2 nitrogen and oxygen atoms in total. The molecule has 0 N–H and O–H groups in total. The standard InChI is InChI=1S/C21H32N2/c1-2-6-19(7-3-1)8-4-13-22-15-12-21(17-22)11-5-14-23(18-21)16-20-9-10-20/h1-3,6-7,20H,4-5,8-18H2. The van der Waals surface area contributed by atoms with E-state index in [1.165, 1.54) is 89.8 Å². The molecule has 1 atom stereocenters. The topological polar surface area (TPSA) is 6.48 Å². The molecule has 1 aliphatic carbocycles. The van der Waals surface area contributed by atoms with Gasteiger partial charge in [-0.25, -0.2) is 0 Å². The second-order valence-electron chi connectivity index (χ2n) is 8.40. The lowest BCUT2D eigenvalue weighted by molar-refractivity contribution is 0.0891. The number of hydrogen-bond donors (Lipinski definition) is 0. The fourth-order valence-corrected chi connectivity index (χ4v) is 4.83. The summed E-state index contributed by atoms with van der Waals surface area (Å²) in [6, 6.07) is 11.0. The van der Waals surface area contributed by atoms with Crippen LogP contribution in [-0.2, 0) is 6.42 Å². The molecule has 2 aliphatic heterocycles. The van der Waals surface area contributed by atoms with Gasteiger partial charge in [0.05, 0.1) is 0 Å². The van der Waals surface area contributed by atoms with Crippen LogP contribution in [-0.4, -0.2) is 49.1 Å². The molecule has 3 fully saturated rings. The molecule has 1 saturated carbocycles. The van der Waals surface area contributed by atoms with Crippen LogP contribution in [0.15, 0.2) is 30.3 Å². The fraction of sp³-hybridized carbons (Fsp3) is 0.714. The molecule has 1 aromatic rings. The normalized spacial score (nSPS) is 29.4. The van der Waals surface area contributed by atoms with Gasteiger partial charge in [-0.05, 0) is 81.5 Å². The Morgan fingerprint density at radius 3 is 2.61 bits per heavy atom. The van der Waals surface area contributed by atoms with E-state index >= 15 is 0 Å². The van der Waals surface area contributed by atoms with Crippen LogP contribution < -0.4 is 0 Å². The van der Waals surface area contributed by atoms with Gasteiger partial charge in [-0.15, -0.1) is 0 Å². The lowest BCUT2D eigenvalue weighted by Crippen LogP contribution is -2.45. The zero-order chi connectivity index (χ0) is 15.5. The molecular weight excluding hydrogens is 280 g/mol. The van der Waals surface area contributed by atoms with Crippen LogP contribution in [0.3, 0.4) is 0 Å². The first-order valence-electron chi connectivity index (χ1n) is 9.80. The second kappa shape index (κ2) is 6.94. The fourth-order valence-electron chi connectivity index (χ4n) is 4.83. The number of benzene rings is 1. The molecular formula is C21H32N2. The zero-order valence-corrected chi connectivity index (χ0v) is 14.6. The molecule has 0 amide bonds. The lowest BCUT2D eigenvalue weighted by Gasteiger charge is -2.40. The van der Waals surface area contributed by atoms with E-state index in [-0.39, 0.29) is 0 Å². The molecule has 0 aromatic heterocycles. The minimum atomic E-state index is 0.639. The molecule has 1 aromatic carbocycles. The summed E-state index contributed by atoms with van der Waals surface area (Å²) in [4.78, 5) is 5.55. The van der Waals surface area contributed by atoms with Crippen LogP contribution in [0.25, 0.3) is 0 Å². The Labute approximate surface area is 141 Å². The van der Waals surface area contributed by atoms with Crippen molar-refractivity contribution in [2.24, 2.45) is 11.3 Å². The number of likely N-dealkylation sites (tertiary alicyclic amines) is 2. The molecule has 0 bridgehead atoms. The van der Waals surface area contributed by atoms with Gasteiger partial charge in [-0.1, -0.05) is 30.3 Å². The number of hydrogen-bond acceptors (Lipinski definition) is 2. The summed E-state index contributed by atoms with van der Waals surface area (Å²) in [5.74, 6) is 1.05. The van der Waals surface area contributed by atoms with Gasteiger partial charge in [0, 0.05) is 19.6 Å². The van der Waals surface area contributed by atoms with Crippen molar-refractivity contribution < 1.29 is 0 Å². The molecule has 2 saturated heterocycles. The van der Waals surface area contributed by atoms with Crippen LogP contribution in [0.1, 0.15) is 44.1 Å². The van der Waals surface area contributed by atoms with Crippen molar-refractivity contribution in [1.82, 2.24) is 9.80 Å². The first kappa shape index (κ1) is 15.7. The van der Waals surface area contributed by atoms with Gasteiger partial charge in [0.15, 0.2) is 0 Å². The summed E-state index contributed by atoms with van der Waals surface area (Å²) >= 11 is 0. The zero-order valence-electron chi connectivity index (χ0n) is 14.6. The first-order valence-corrected chi connectivity index (χ1v) is 9.80. The highest BCUT2D eigenvalue weighted by atomic mass is 15.2. The van der Waals surface area contributed by atoms with Crippen molar-refractivity contribution >= 4 is 0 Å². The summed E-state index contributed by atoms with van der Waals surface area (Å²) < 4.78 is 0. The van der Waals surface area contributed by atoms with Crippen LogP contribution in [0.2, 0.25) is 0 Å². The van der Waals surface area contributed by atoms with Gasteiger partial charge < -0.3 is 9.80 Å². The summed E-state index contributed by atoms with van der Waals surface area (Å²) in [5.41, 5.74) is 2.13. The summed E-state index contributed by atoms with van der Waals surface area (Å²) in [6.07, 6.45) is 9.89.